The van der Waals surface area contributed by atoms with Crippen molar-refractivity contribution in [2.75, 3.05) is 25.2 Å². The Hall–Kier alpha value is -2.91. The Morgan fingerprint density at radius 1 is 1.10 bits per heavy atom. The molecule has 1 amide bonds. The van der Waals surface area contributed by atoms with Gasteiger partial charge in [0.2, 0.25) is 6.79 Å². The molecule has 3 aliphatic heterocycles. The van der Waals surface area contributed by atoms with Gasteiger partial charge in [-0.25, -0.2) is 4.68 Å². The summed E-state index contributed by atoms with van der Waals surface area (Å²) in [7, 11) is 0. The SMILES string of the molecule is O=C(c1cnn2c1NC(c1ccc3c(c1)OCO3)CC2C(F)(F)F)N1CCCCCC1. The number of carbonyl (C=O) groups excluding carboxylic acids is 1. The number of anilines is 1. The molecule has 0 aliphatic carbocycles. The predicted molar refractivity (Wildman–Crippen MR) is 105 cm³/mol. The van der Waals surface area contributed by atoms with Gasteiger partial charge in [-0.2, -0.15) is 18.3 Å². The van der Waals surface area contributed by atoms with Crippen LogP contribution in [-0.4, -0.2) is 46.6 Å². The van der Waals surface area contributed by atoms with E-state index in [1.807, 2.05) is 0 Å². The van der Waals surface area contributed by atoms with Crippen molar-refractivity contribution in [1.29, 1.82) is 0 Å². The highest BCUT2D eigenvalue weighted by Crippen LogP contribution is 2.46. The molecule has 0 bridgehead atoms. The highest BCUT2D eigenvalue weighted by atomic mass is 19.4. The zero-order chi connectivity index (χ0) is 21.6. The molecule has 5 rings (SSSR count). The van der Waals surface area contributed by atoms with Gasteiger partial charge in [0.15, 0.2) is 17.5 Å². The maximum absolute atomic E-state index is 13.9. The monoisotopic (exact) mass is 436 g/mol. The van der Waals surface area contributed by atoms with Crippen molar-refractivity contribution < 1.29 is 27.4 Å². The Morgan fingerprint density at radius 3 is 2.58 bits per heavy atom. The van der Waals surface area contributed by atoms with Crippen molar-refractivity contribution in [3.8, 4) is 11.5 Å². The van der Waals surface area contributed by atoms with E-state index in [1.54, 1.807) is 23.1 Å². The number of halogens is 3. The molecule has 1 aromatic heterocycles. The molecule has 166 valence electrons. The Balaban J connectivity index is 1.50. The fourth-order valence-corrected chi connectivity index (χ4v) is 4.51. The van der Waals surface area contributed by atoms with Crippen LogP contribution in [0.1, 0.15) is 60.1 Å². The second-order valence-corrected chi connectivity index (χ2v) is 8.16. The van der Waals surface area contributed by atoms with Crippen molar-refractivity contribution in [2.45, 2.75) is 50.4 Å². The molecule has 7 nitrogen and oxygen atoms in total. The first-order valence-corrected chi connectivity index (χ1v) is 10.5. The van der Waals surface area contributed by atoms with Crippen molar-refractivity contribution in [3.05, 3.63) is 35.5 Å². The molecule has 2 unspecified atom stereocenters. The van der Waals surface area contributed by atoms with Gasteiger partial charge in [0, 0.05) is 19.5 Å². The number of benzene rings is 1. The number of ether oxygens (including phenoxy) is 2. The Kier molecular flexibility index (Phi) is 4.94. The lowest BCUT2D eigenvalue weighted by Gasteiger charge is -2.34. The summed E-state index contributed by atoms with van der Waals surface area (Å²) < 4.78 is 53.3. The number of amides is 1. The minimum Gasteiger partial charge on any atom is -0.454 e. The van der Waals surface area contributed by atoms with Crippen LogP contribution >= 0.6 is 0 Å². The number of nitrogens with zero attached hydrogens (tertiary/aromatic N) is 3. The molecule has 10 heteroatoms. The zero-order valence-electron chi connectivity index (χ0n) is 16.8. The van der Waals surface area contributed by atoms with Crippen LogP contribution in [0.2, 0.25) is 0 Å². The van der Waals surface area contributed by atoms with E-state index in [-0.39, 0.29) is 30.5 Å². The van der Waals surface area contributed by atoms with Gasteiger partial charge in [-0.1, -0.05) is 18.9 Å². The van der Waals surface area contributed by atoms with Crippen molar-refractivity contribution >= 4 is 11.7 Å². The number of nitrogens with one attached hydrogen (secondary N) is 1. The van der Waals surface area contributed by atoms with Crippen LogP contribution in [0, 0.1) is 0 Å². The maximum atomic E-state index is 13.9. The predicted octanol–water partition coefficient (Wildman–Crippen LogP) is 4.29. The van der Waals surface area contributed by atoms with E-state index in [1.165, 1.54) is 6.20 Å². The van der Waals surface area contributed by atoms with Crippen LogP contribution in [0.25, 0.3) is 0 Å². The highest BCUT2D eigenvalue weighted by molar-refractivity contribution is 5.99. The van der Waals surface area contributed by atoms with E-state index in [0.717, 1.165) is 30.4 Å². The molecule has 0 saturated carbocycles. The van der Waals surface area contributed by atoms with E-state index >= 15 is 0 Å². The lowest BCUT2D eigenvalue weighted by atomic mass is 9.96. The average Bonchev–Trinajstić information content (AvgIpc) is 3.30. The highest BCUT2D eigenvalue weighted by Gasteiger charge is 2.47. The second kappa shape index (κ2) is 7.65. The molecule has 1 N–H and O–H groups in total. The number of likely N-dealkylation sites (tertiary alicyclic amines) is 1. The number of alkyl halides is 3. The summed E-state index contributed by atoms with van der Waals surface area (Å²) in [6.07, 6.45) is 0.417. The molecule has 1 saturated heterocycles. The van der Waals surface area contributed by atoms with Crippen LogP contribution < -0.4 is 14.8 Å². The summed E-state index contributed by atoms with van der Waals surface area (Å²) in [4.78, 5) is 14.9. The third-order valence-electron chi connectivity index (χ3n) is 6.16. The smallest absolute Gasteiger partial charge is 0.410 e. The standard InChI is InChI=1S/C21H23F3N4O3/c22-21(23,24)18-10-15(13-5-6-16-17(9-13)31-12-30-16)26-19-14(11-25-28(18)19)20(29)27-7-3-1-2-4-8-27/h5-6,9,11,15,18,26H,1-4,7-8,10,12H2. The first-order chi connectivity index (χ1) is 14.9. The fourth-order valence-electron chi connectivity index (χ4n) is 4.51. The minimum atomic E-state index is -4.50. The lowest BCUT2D eigenvalue weighted by Crippen LogP contribution is -2.37. The molecule has 1 aromatic carbocycles. The first kappa shape index (κ1) is 20.0. The minimum absolute atomic E-state index is 0.0866. The lowest BCUT2D eigenvalue weighted by molar-refractivity contribution is -0.173. The van der Waals surface area contributed by atoms with E-state index in [4.69, 9.17) is 9.47 Å². The van der Waals surface area contributed by atoms with Crippen LogP contribution in [0.4, 0.5) is 19.0 Å². The van der Waals surface area contributed by atoms with Crippen LogP contribution in [0.5, 0.6) is 11.5 Å². The van der Waals surface area contributed by atoms with E-state index in [9.17, 15) is 18.0 Å². The van der Waals surface area contributed by atoms with Gasteiger partial charge in [-0.15, -0.1) is 0 Å². The van der Waals surface area contributed by atoms with Gasteiger partial charge < -0.3 is 19.7 Å². The molecule has 0 spiro atoms. The number of carbonyl (C=O) groups is 1. The fraction of sp³-hybridized carbons (Fsp3) is 0.524. The average molecular weight is 436 g/mol. The quantitative estimate of drug-likeness (QED) is 0.761. The summed E-state index contributed by atoms with van der Waals surface area (Å²) in [6.45, 7) is 1.30. The largest absolute Gasteiger partial charge is 0.454 e. The summed E-state index contributed by atoms with van der Waals surface area (Å²) in [5, 5.41) is 7.12. The molecule has 2 aromatic rings. The number of hydrogen-bond acceptors (Lipinski definition) is 5. The van der Waals surface area contributed by atoms with Gasteiger partial charge in [0.05, 0.1) is 12.2 Å². The summed E-state index contributed by atoms with van der Waals surface area (Å²) in [5.41, 5.74) is 0.820. The summed E-state index contributed by atoms with van der Waals surface area (Å²) >= 11 is 0. The van der Waals surface area contributed by atoms with Gasteiger partial charge >= 0.3 is 6.18 Å². The molecular formula is C21H23F3N4O3. The maximum Gasteiger partial charge on any atom is 0.410 e. The van der Waals surface area contributed by atoms with E-state index in [2.05, 4.69) is 10.4 Å². The van der Waals surface area contributed by atoms with Crippen molar-refractivity contribution in [2.24, 2.45) is 0 Å². The molecule has 1 fully saturated rings. The third-order valence-corrected chi connectivity index (χ3v) is 6.16. The number of aromatic nitrogens is 2. The topological polar surface area (TPSA) is 68.6 Å². The second-order valence-electron chi connectivity index (χ2n) is 8.16. The van der Waals surface area contributed by atoms with Gasteiger partial charge in [0.1, 0.15) is 11.4 Å². The van der Waals surface area contributed by atoms with Crippen LogP contribution in [0.3, 0.4) is 0 Å². The number of fused-ring (bicyclic) bond motifs is 2. The number of hydrogen-bond donors (Lipinski definition) is 1. The molecule has 0 radical (unpaired) electrons. The molecule has 3 aliphatic rings. The van der Waals surface area contributed by atoms with Crippen molar-refractivity contribution in [3.63, 3.8) is 0 Å². The molecule has 4 heterocycles. The summed E-state index contributed by atoms with van der Waals surface area (Å²) in [5.74, 6) is 0.908. The van der Waals surface area contributed by atoms with Crippen LogP contribution in [-0.2, 0) is 0 Å². The Labute approximate surface area is 177 Å². The van der Waals surface area contributed by atoms with Crippen molar-refractivity contribution in [1.82, 2.24) is 14.7 Å². The third kappa shape index (κ3) is 3.68. The first-order valence-electron chi connectivity index (χ1n) is 10.5. The molecular weight excluding hydrogens is 413 g/mol. The molecule has 31 heavy (non-hydrogen) atoms. The normalized spacial score (nSPS) is 23.1. The zero-order valence-corrected chi connectivity index (χ0v) is 16.8. The van der Waals surface area contributed by atoms with E-state index < -0.39 is 18.3 Å². The van der Waals surface area contributed by atoms with Gasteiger partial charge in [-0.05, 0) is 30.5 Å². The Bertz CT molecular complexity index is 983. The van der Waals surface area contributed by atoms with Gasteiger partial charge in [-0.3, -0.25) is 4.79 Å². The van der Waals surface area contributed by atoms with E-state index in [0.29, 0.717) is 30.2 Å². The van der Waals surface area contributed by atoms with Gasteiger partial charge in [0.25, 0.3) is 5.91 Å². The Morgan fingerprint density at radius 2 is 1.84 bits per heavy atom. The summed E-state index contributed by atoms with van der Waals surface area (Å²) in [6, 6.07) is 2.62. The molecule has 2 atom stereocenters. The number of rotatable bonds is 2. The van der Waals surface area contributed by atoms with Crippen LogP contribution in [0.15, 0.2) is 24.4 Å².